The van der Waals surface area contributed by atoms with Gasteiger partial charge < -0.3 is 21.9 Å². The van der Waals surface area contributed by atoms with E-state index < -0.39 is 5.91 Å². The van der Waals surface area contributed by atoms with Crippen LogP contribution in [0.3, 0.4) is 0 Å². The number of hydrogen-bond donors (Lipinski definition) is 4. The molecule has 0 aromatic heterocycles. The lowest BCUT2D eigenvalue weighted by molar-refractivity contribution is 0.100. The number of benzene rings is 1. The smallest absolute Gasteiger partial charge is 0.248 e. The van der Waals surface area contributed by atoms with Gasteiger partial charge in [-0.25, -0.2) is 0 Å². The fraction of sp³-hybridized carbons (Fsp3) is 0.417. The summed E-state index contributed by atoms with van der Waals surface area (Å²) < 4.78 is 0. The van der Waals surface area contributed by atoms with Gasteiger partial charge in [-0.15, -0.1) is 0 Å². The molecule has 2 atom stereocenters. The van der Waals surface area contributed by atoms with Crippen LogP contribution in [-0.4, -0.2) is 35.2 Å². The summed E-state index contributed by atoms with van der Waals surface area (Å²) in [4.78, 5) is 11.0. The Morgan fingerprint density at radius 1 is 1.56 bits per heavy atom. The average molecular weight is 269 g/mol. The highest BCUT2D eigenvalue weighted by Gasteiger charge is 2.16. The van der Waals surface area contributed by atoms with Crippen LogP contribution >= 0.6 is 11.8 Å². The van der Waals surface area contributed by atoms with E-state index in [1.54, 1.807) is 30.0 Å². The van der Waals surface area contributed by atoms with Crippen LogP contribution in [0.5, 0.6) is 0 Å². The van der Waals surface area contributed by atoms with E-state index in [0.717, 1.165) is 5.69 Å². The fourth-order valence-corrected chi connectivity index (χ4v) is 2.25. The van der Waals surface area contributed by atoms with Crippen LogP contribution in [-0.2, 0) is 0 Å². The number of aliphatic hydroxyl groups excluding tert-OH is 1. The lowest BCUT2D eigenvalue weighted by Gasteiger charge is -2.23. The van der Waals surface area contributed by atoms with Gasteiger partial charge >= 0.3 is 0 Å². The number of hydrogen-bond acceptors (Lipinski definition) is 5. The number of aliphatic hydroxyl groups is 1. The molecule has 0 aliphatic rings. The number of anilines is 2. The molecular formula is C12H19N3O2S. The second-order valence-corrected chi connectivity index (χ2v) is 5.13. The monoisotopic (exact) mass is 269 g/mol. The van der Waals surface area contributed by atoms with E-state index in [9.17, 15) is 9.90 Å². The number of nitrogen functional groups attached to an aromatic ring is 1. The molecule has 0 bridgehead atoms. The van der Waals surface area contributed by atoms with Gasteiger partial charge in [-0.1, -0.05) is 0 Å². The molecule has 6 heteroatoms. The second-order valence-electron chi connectivity index (χ2n) is 4.06. The van der Waals surface area contributed by atoms with Crippen molar-refractivity contribution in [2.45, 2.75) is 18.2 Å². The van der Waals surface area contributed by atoms with E-state index in [0.29, 0.717) is 11.3 Å². The highest BCUT2D eigenvalue weighted by molar-refractivity contribution is 7.99. The molecule has 5 nitrogen and oxygen atoms in total. The minimum atomic E-state index is -0.501. The number of carbonyl (C=O) groups excluding carboxylic acids is 1. The summed E-state index contributed by atoms with van der Waals surface area (Å²) in [5.74, 6) is -0.501. The summed E-state index contributed by atoms with van der Waals surface area (Å²) in [6.07, 6.45) is 1.94. The first kappa shape index (κ1) is 14.7. The molecule has 0 saturated carbocycles. The van der Waals surface area contributed by atoms with E-state index >= 15 is 0 Å². The van der Waals surface area contributed by atoms with Gasteiger partial charge in [0.2, 0.25) is 5.91 Å². The zero-order valence-corrected chi connectivity index (χ0v) is 11.3. The van der Waals surface area contributed by atoms with Crippen molar-refractivity contribution >= 4 is 29.0 Å². The van der Waals surface area contributed by atoms with Crippen molar-refractivity contribution in [2.75, 3.05) is 23.9 Å². The Bertz CT molecular complexity index is 422. The van der Waals surface area contributed by atoms with E-state index in [1.807, 2.05) is 13.2 Å². The molecule has 2 unspecified atom stereocenters. The predicted molar refractivity (Wildman–Crippen MR) is 76.8 cm³/mol. The first-order valence-electron chi connectivity index (χ1n) is 5.59. The number of nitrogens with two attached hydrogens (primary N) is 2. The van der Waals surface area contributed by atoms with Crippen molar-refractivity contribution in [3.63, 3.8) is 0 Å². The first-order chi connectivity index (χ1) is 8.49. The van der Waals surface area contributed by atoms with Crippen LogP contribution in [0.1, 0.15) is 17.3 Å². The van der Waals surface area contributed by atoms with Gasteiger partial charge in [-0.3, -0.25) is 4.79 Å². The fourth-order valence-electron chi connectivity index (χ4n) is 1.62. The summed E-state index contributed by atoms with van der Waals surface area (Å²) in [5.41, 5.74) is 12.6. The maximum atomic E-state index is 11.0. The molecule has 1 aromatic carbocycles. The summed E-state index contributed by atoms with van der Waals surface area (Å²) in [7, 11) is 0. The van der Waals surface area contributed by atoms with Crippen molar-refractivity contribution in [2.24, 2.45) is 5.73 Å². The molecule has 0 aliphatic heterocycles. The Morgan fingerprint density at radius 3 is 2.67 bits per heavy atom. The van der Waals surface area contributed by atoms with Gasteiger partial charge in [0.05, 0.1) is 18.0 Å². The van der Waals surface area contributed by atoms with Gasteiger partial charge in [0, 0.05) is 16.9 Å². The Kier molecular flexibility index (Phi) is 5.30. The first-order valence-corrected chi connectivity index (χ1v) is 6.88. The molecule has 0 fully saturated rings. The van der Waals surface area contributed by atoms with Crippen LogP contribution in [0.25, 0.3) is 0 Å². The van der Waals surface area contributed by atoms with E-state index in [4.69, 9.17) is 11.5 Å². The summed E-state index contributed by atoms with van der Waals surface area (Å²) >= 11 is 1.58. The van der Waals surface area contributed by atoms with E-state index in [2.05, 4.69) is 5.32 Å². The van der Waals surface area contributed by atoms with Gasteiger partial charge in [0.1, 0.15) is 0 Å². The number of thioether (sulfide) groups is 1. The molecule has 0 aliphatic carbocycles. The molecule has 1 amide bonds. The zero-order valence-electron chi connectivity index (χ0n) is 10.5. The highest BCUT2D eigenvalue weighted by Crippen LogP contribution is 2.23. The highest BCUT2D eigenvalue weighted by atomic mass is 32.2. The predicted octanol–water partition coefficient (Wildman–Crippen LogP) is 0.892. The summed E-state index contributed by atoms with van der Waals surface area (Å²) in [5, 5.41) is 12.5. The van der Waals surface area contributed by atoms with Crippen molar-refractivity contribution < 1.29 is 9.90 Å². The van der Waals surface area contributed by atoms with Crippen molar-refractivity contribution in [3.8, 4) is 0 Å². The molecule has 1 rings (SSSR count). The van der Waals surface area contributed by atoms with Crippen molar-refractivity contribution in [1.82, 2.24) is 0 Å². The number of amides is 1. The third kappa shape index (κ3) is 3.54. The molecule has 1 aromatic rings. The lowest BCUT2D eigenvalue weighted by Crippen LogP contribution is -2.31. The van der Waals surface area contributed by atoms with Gasteiger partial charge in [0.15, 0.2) is 0 Å². The molecule has 18 heavy (non-hydrogen) atoms. The van der Waals surface area contributed by atoms with Gasteiger partial charge in [0.25, 0.3) is 0 Å². The Morgan fingerprint density at radius 2 is 2.22 bits per heavy atom. The second kappa shape index (κ2) is 6.51. The summed E-state index contributed by atoms with van der Waals surface area (Å²) in [6.45, 7) is 2.06. The van der Waals surface area contributed by atoms with E-state index in [-0.39, 0.29) is 17.9 Å². The molecule has 100 valence electrons. The summed E-state index contributed by atoms with van der Waals surface area (Å²) in [6, 6.07) is 4.96. The number of rotatable bonds is 6. The van der Waals surface area contributed by atoms with Crippen molar-refractivity contribution in [1.29, 1.82) is 0 Å². The maximum Gasteiger partial charge on any atom is 0.248 e. The standard InChI is InChI=1S/C12H19N3O2S/c1-7(11(6-16)18-2)15-10-4-3-8(12(14)17)5-9(10)13/h3-5,7,11,15-16H,6,13H2,1-2H3,(H2,14,17). The molecule has 0 radical (unpaired) electrons. The molecule has 0 heterocycles. The maximum absolute atomic E-state index is 11.0. The van der Waals surface area contributed by atoms with Crippen LogP contribution in [0.2, 0.25) is 0 Å². The minimum absolute atomic E-state index is 0.0618. The topological polar surface area (TPSA) is 101 Å². The SMILES string of the molecule is CSC(CO)C(C)Nc1ccc(C(N)=O)cc1N. The average Bonchev–Trinajstić information content (AvgIpc) is 2.33. The van der Waals surface area contributed by atoms with Crippen LogP contribution in [0.15, 0.2) is 18.2 Å². The largest absolute Gasteiger partial charge is 0.397 e. The Balaban J connectivity index is 2.82. The molecule has 0 saturated heterocycles. The minimum Gasteiger partial charge on any atom is -0.397 e. The third-order valence-corrected chi connectivity index (χ3v) is 3.92. The normalized spacial score (nSPS) is 13.9. The molecule has 6 N–H and O–H groups in total. The van der Waals surface area contributed by atoms with Crippen LogP contribution in [0.4, 0.5) is 11.4 Å². The number of primary amides is 1. The van der Waals surface area contributed by atoms with Gasteiger partial charge in [-0.05, 0) is 31.4 Å². The van der Waals surface area contributed by atoms with Gasteiger partial charge in [-0.2, -0.15) is 11.8 Å². The zero-order chi connectivity index (χ0) is 13.7. The van der Waals surface area contributed by atoms with Crippen LogP contribution < -0.4 is 16.8 Å². The third-order valence-electron chi connectivity index (χ3n) is 2.76. The molecule has 0 spiro atoms. The van der Waals surface area contributed by atoms with Crippen molar-refractivity contribution in [3.05, 3.63) is 23.8 Å². The quantitative estimate of drug-likeness (QED) is 0.575. The Labute approximate surface area is 111 Å². The Hall–Kier alpha value is -1.40. The number of carbonyl (C=O) groups is 1. The van der Waals surface area contributed by atoms with E-state index in [1.165, 1.54) is 0 Å². The number of nitrogens with one attached hydrogen (secondary N) is 1. The lowest BCUT2D eigenvalue weighted by atomic mass is 10.1. The van der Waals surface area contributed by atoms with Crippen LogP contribution in [0, 0.1) is 0 Å². The molecular weight excluding hydrogens is 250 g/mol.